The van der Waals surface area contributed by atoms with Crippen molar-refractivity contribution < 1.29 is 13.2 Å². The molecular formula is C21H36N4O3S. The molecule has 0 spiro atoms. The van der Waals surface area contributed by atoms with Gasteiger partial charge in [0, 0.05) is 39.4 Å². The van der Waals surface area contributed by atoms with E-state index >= 15 is 0 Å². The number of sulfonamides is 1. The predicted molar refractivity (Wildman–Crippen MR) is 118 cm³/mol. The number of hydrogen-bond acceptors (Lipinski definition) is 4. The summed E-state index contributed by atoms with van der Waals surface area (Å²) in [6, 6.07) is 6.85. The number of guanidine groups is 1. The van der Waals surface area contributed by atoms with Crippen LogP contribution in [0.25, 0.3) is 0 Å². The van der Waals surface area contributed by atoms with Crippen LogP contribution in [0.15, 0.2) is 34.2 Å². The van der Waals surface area contributed by atoms with Crippen LogP contribution in [0.3, 0.4) is 0 Å². The molecule has 1 aromatic rings. The van der Waals surface area contributed by atoms with E-state index in [1.165, 1.54) is 17.1 Å². The fourth-order valence-electron chi connectivity index (χ4n) is 2.64. The van der Waals surface area contributed by atoms with Gasteiger partial charge in [-0.1, -0.05) is 12.1 Å². The first-order valence-corrected chi connectivity index (χ1v) is 12.0. The molecule has 29 heavy (non-hydrogen) atoms. The fraction of sp³-hybridized carbons (Fsp3) is 0.667. The van der Waals surface area contributed by atoms with E-state index in [9.17, 15) is 8.42 Å². The molecule has 0 aromatic heterocycles. The lowest BCUT2D eigenvalue weighted by molar-refractivity contribution is 0.123. The van der Waals surface area contributed by atoms with Gasteiger partial charge in [0.2, 0.25) is 10.0 Å². The van der Waals surface area contributed by atoms with Gasteiger partial charge in [-0.3, -0.25) is 0 Å². The van der Waals surface area contributed by atoms with Crippen LogP contribution in [-0.4, -0.2) is 58.1 Å². The number of nitrogens with zero attached hydrogens (tertiary/aromatic N) is 2. The van der Waals surface area contributed by atoms with Crippen molar-refractivity contribution in [2.45, 2.75) is 57.5 Å². The van der Waals surface area contributed by atoms with Gasteiger partial charge in [0.1, 0.15) is 0 Å². The van der Waals surface area contributed by atoms with Gasteiger partial charge >= 0.3 is 0 Å². The van der Waals surface area contributed by atoms with Gasteiger partial charge in [0.05, 0.1) is 11.4 Å². The Kier molecular flexibility index (Phi) is 9.39. The maximum atomic E-state index is 12.5. The Labute approximate surface area is 176 Å². The summed E-state index contributed by atoms with van der Waals surface area (Å²) < 4.78 is 32.1. The van der Waals surface area contributed by atoms with Gasteiger partial charge in [-0.2, -0.15) is 4.31 Å². The molecule has 7 nitrogen and oxygen atoms in total. The first-order valence-electron chi connectivity index (χ1n) is 10.5. The van der Waals surface area contributed by atoms with Crippen molar-refractivity contribution in [3.8, 4) is 0 Å². The first-order chi connectivity index (χ1) is 13.8. The number of benzene rings is 1. The summed E-state index contributed by atoms with van der Waals surface area (Å²) in [5.74, 6) is 1.56. The largest absolute Gasteiger partial charge is 0.381 e. The molecule has 0 radical (unpaired) electrons. The Morgan fingerprint density at radius 3 is 2.52 bits per heavy atom. The van der Waals surface area contributed by atoms with Crippen molar-refractivity contribution in [1.82, 2.24) is 14.9 Å². The van der Waals surface area contributed by atoms with Crippen LogP contribution in [0.4, 0.5) is 0 Å². The molecule has 0 unspecified atom stereocenters. The molecule has 0 saturated heterocycles. The highest BCUT2D eigenvalue weighted by Crippen LogP contribution is 2.28. The molecule has 0 atom stereocenters. The lowest BCUT2D eigenvalue weighted by atomic mass is 10.2. The van der Waals surface area contributed by atoms with E-state index in [0.29, 0.717) is 11.4 Å². The molecule has 0 aliphatic heterocycles. The Morgan fingerprint density at radius 2 is 1.93 bits per heavy atom. The Hall–Kier alpha value is -1.64. The van der Waals surface area contributed by atoms with Gasteiger partial charge in [-0.25, -0.2) is 13.4 Å². The normalized spacial score (nSPS) is 15.2. The number of nitrogens with one attached hydrogen (secondary N) is 2. The lowest BCUT2D eigenvalue weighted by Gasteiger charge is -2.21. The molecule has 1 saturated carbocycles. The highest BCUT2D eigenvalue weighted by Gasteiger charge is 2.22. The highest BCUT2D eigenvalue weighted by molar-refractivity contribution is 7.89. The third-order valence-electron chi connectivity index (χ3n) is 4.90. The summed E-state index contributed by atoms with van der Waals surface area (Å²) in [6.07, 6.45) is 3.57. The average molecular weight is 425 g/mol. The summed E-state index contributed by atoms with van der Waals surface area (Å²) in [4.78, 5) is 4.89. The fourth-order valence-corrected chi connectivity index (χ4v) is 4.01. The van der Waals surface area contributed by atoms with Crippen LogP contribution in [0.5, 0.6) is 0 Å². The third kappa shape index (κ3) is 7.95. The van der Waals surface area contributed by atoms with E-state index in [4.69, 9.17) is 4.74 Å². The monoisotopic (exact) mass is 424 g/mol. The van der Waals surface area contributed by atoms with Crippen LogP contribution in [0, 0.1) is 5.92 Å². The van der Waals surface area contributed by atoms with Crippen molar-refractivity contribution in [3.63, 3.8) is 0 Å². The molecule has 164 valence electrons. The van der Waals surface area contributed by atoms with Gasteiger partial charge in [0.25, 0.3) is 0 Å². The second-order valence-corrected chi connectivity index (χ2v) is 9.75. The summed E-state index contributed by atoms with van der Waals surface area (Å²) in [7, 11) is -1.85. The van der Waals surface area contributed by atoms with Crippen molar-refractivity contribution in [3.05, 3.63) is 29.8 Å². The summed E-state index contributed by atoms with van der Waals surface area (Å²) in [5, 5.41) is 6.54. The van der Waals surface area contributed by atoms with E-state index in [2.05, 4.69) is 15.6 Å². The molecule has 2 rings (SSSR count). The van der Waals surface area contributed by atoms with E-state index in [0.717, 1.165) is 50.2 Å². The van der Waals surface area contributed by atoms with Crippen molar-refractivity contribution in [1.29, 1.82) is 0 Å². The summed E-state index contributed by atoms with van der Waals surface area (Å²) in [5.41, 5.74) is 0.959. The van der Waals surface area contributed by atoms with E-state index < -0.39 is 10.0 Å². The maximum absolute atomic E-state index is 12.5. The number of ether oxygens (including phenoxy) is 1. The average Bonchev–Trinajstić information content (AvgIpc) is 3.52. The SMILES string of the molecule is CCNC(=NCc1ccc(S(=O)(=O)N(C)C(C)C)cc1)NCCCOCC1CC1. The minimum absolute atomic E-state index is 0.0860. The van der Waals surface area contributed by atoms with Crippen LogP contribution in [0.2, 0.25) is 0 Å². The number of rotatable bonds is 12. The van der Waals surface area contributed by atoms with E-state index in [-0.39, 0.29) is 6.04 Å². The third-order valence-corrected chi connectivity index (χ3v) is 6.95. The minimum Gasteiger partial charge on any atom is -0.381 e. The summed E-state index contributed by atoms with van der Waals surface area (Å²) in [6.45, 7) is 9.47. The topological polar surface area (TPSA) is 83.0 Å². The molecule has 1 aromatic carbocycles. The quantitative estimate of drug-likeness (QED) is 0.306. The van der Waals surface area contributed by atoms with Crippen molar-refractivity contribution in [2.75, 3.05) is 33.4 Å². The van der Waals surface area contributed by atoms with E-state index in [1.807, 2.05) is 32.9 Å². The van der Waals surface area contributed by atoms with Crippen LogP contribution >= 0.6 is 0 Å². The van der Waals surface area contributed by atoms with Gasteiger partial charge in [-0.15, -0.1) is 0 Å². The zero-order valence-electron chi connectivity index (χ0n) is 18.1. The highest BCUT2D eigenvalue weighted by atomic mass is 32.2. The van der Waals surface area contributed by atoms with Gasteiger partial charge in [0.15, 0.2) is 5.96 Å². The predicted octanol–water partition coefficient (Wildman–Crippen LogP) is 2.59. The smallest absolute Gasteiger partial charge is 0.243 e. The zero-order chi connectivity index (χ0) is 21.3. The molecule has 1 aliphatic rings. The summed E-state index contributed by atoms with van der Waals surface area (Å²) >= 11 is 0. The standard InChI is InChI=1S/C21H36N4O3S/c1-5-22-21(23-13-6-14-28-16-19-7-8-19)24-15-18-9-11-20(12-10-18)29(26,27)25(4)17(2)3/h9-12,17,19H,5-8,13-16H2,1-4H3,(H2,22,23,24). The van der Waals surface area contributed by atoms with Crippen LogP contribution in [0.1, 0.15) is 45.6 Å². The zero-order valence-corrected chi connectivity index (χ0v) is 19.0. The Morgan fingerprint density at radius 1 is 1.24 bits per heavy atom. The number of aliphatic imine (C=N–C) groups is 1. The molecule has 1 fully saturated rings. The van der Waals surface area contributed by atoms with Crippen LogP contribution < -0.4 is 10.6 Å². The minimum atomic E-state index is -3.46. The molecule has 0 bridgehead atoms. The number of hydrogen-bond donors (Lipinski definition) is 2. The van der Waals surface area contributed by atoms with Crippen molar-refractivity contribution >= 4 is 16.0 Å². The molecule has 0 amide bonds. The first kappa shape index (κ1) is 23.6. The van der Waals surface area contributed by atoms with Gasteiger partial charge in [-0.05, 0) is 63.6 Å². The van der Waals surface area contributed by atoms with E-state index in [1.54, 1.807) is 19.2 Å². The molecule has 8 heteroatoms. The molecular weight excluding hydrogens is 388 g/mol. The second-order valence-electron chi connectivity index (χ2n) is 7.75. The van der Waals surface area contributed by atoms with Crippen LogP contribution in [-0.2, 0) is 21.3 Å². The molecule has 1 aliphatic carbocycles. The Balaban J connectivity index is 1.84. The molecule has 2 N–H and O–H groups in total. The van der Waals surface area contributed by atoms with Crippen molar-refractivity contribution in [2.24, 2.45) is 10.9 Å². The second kappa shape index (κ2) is 11.5. The lowest BCUT2D eigenvalue weighted by Crippen LogP contribution is -2.38. The Bertz CT molecular complexity index is 744. The maximum Gasteiger partial charge on any atom is 0.243 e. The molecule has 0 heterocycles. The van der Waals surface area contributed by atoms with Gasteiger partial charge < -0.3 is 15.4 Å².